The lowest BCUT2D eigenvalue weighted by atomic mass is 10.2. The summed E-state index contributed by atoms with van der Waals surface area (Å²) in [7, 11) is 0. The largest absolute Gasteiger partial charge is 0.142 e. The van der Waals surface area contributed by atoms with E-state index < -0.39 is 0 Å². The first-order chi connectivity index (χ1) is 4.22. The number of hydrogen-bond donors (Lipinski definition) is 1. The molecule has 0 atom stereocenters. The molecule has 48 valence electrons. The fourth-order valence-electron chi connectivity index (χ4n) is 0.623. The Morgan fingerprint density at radius 2 is 2.11 bits per heavy atom. The Morgan fingerprint density at radius 3 is 2.56 bits per heavy atom. The zero-order chi connectivity index (χ0) is 6.85. The van der Waals surface area contributed by atoms with Gasteiger partial charge in [-0.05, 0) is 34.5 Å². The Balaban J connectivity index is 3.25. The standard InChI is InChI=1S/C7H7BrS/c1-5-3-2-4-6(8)7(5)9/h2-4,9H,1H3. The Bertz CT molecular complexity index is 200. The van der Waals surface area contributed by atoms with Crippen molar-refractivity contribution in [3.8, 4) is 0 Å². The maximum absolute atomic E-state index is 4.26. The van der Waals surface area contributed by atoms with Crippen LogP contribution < -0.4 is 0 Å². The van der Waals surface area contributed by atoms with Gasteiger partial charge in [0, 0.05) is 9.37 Å². The second-order valence-electron chi connectivity index (χ2n) is 1.91. The van der Waals surface area contributed by atoms with Crippen molar-refractivity contribution in [3.05, 3.63) is 28.2 Å². The van der Waals surface area contributed by atoms with Gasteiger partial charge in [-0.25, -0.2) is 0 Å². The molecule has 0 saturated heterocycles. The molecule has 0 fully saturated rings. The maximum Gasteiger partial charge on any atom is 0.0311 e. The second kappa shape index (κ2) is 2.76. The van der Waals surface area contributed by atoms with Crippen molar-refractivity contribution in [1.82, 2.24) is 0 Å². The van der Waals surface area contributed by atoms with Crippen molar-refractivity contribution >= 4 is 28.6 Å². The van der Waals surface area contributed by atoms with E-state index in [1.54, 1.807) is 0 Å². The average Bonchev–Trinajstić information content (AvgIpc) is 1.83. The molecule has 0 radical (unpaired) electrons. The first-order valence-corrected chi connectivity index (χ1v) is 3.90. The van der Waals surface area contributed by atoms with Crippen molar-refractivity contribution in [1.29, 1.82) is 0 Å². The van der Waals surface area contributed by atoms with E-state index in [2.05, 4.69) is 28.6 Å². The summed E-state index contributed by atoms with van der Waals surface area (Å²) in [5.41, 5.74) is 1.20. The number of aryl methyl sites for hydroxylation is 1. The van der Waals surface area contributed by atoms with Crippen LogP contribution in [0.2, 0.25) is 0 Å². The zero-order valence-corrected chi connectivity index (χ0v) is 7.54. The van der Waals surface area contributed by atoms with Crippen LogP contribution in [-0.2, 0) is 0 Å². The van der Waals surface area contributed by atoms with E-state index in [1.165, 1.54) is 5.56 Å². The zero-order valence-electron chi connectivity index (χ0n) is 5.06. The van der Waals surface area contributed by atoms with Crippen LogP contribution >= 0.6 is 28.6 Å². The van der Waals surface area contributed by atoms with Crippen molar-refractivity contribution in [3.63, 3.8) is 0 Å². The molecule has 0 aliphatic carbocycles. The molecule has 2 heteroatoms. The lowest BCUT2D eigenvalue weighted by Gasteiger charge is -1.98. The number of halogens is 1. The van der Waals surface area contributed by atoms with E-state index in [-0.39, 0.29) is 0 Å². The Hall–Kier alpha value is 0.0500. The van der Waals surface area contributed by atoms with E-state index >= 15 is 0 Å². The van der Waals surface area contributed by atoms with Gasteiger partial charge < -0.3 is 0 Å². The number of thiol groups is 1. The fraction of sp³-hybridized carbons (Fsp3) is 0.143. The van der Waals surface area contributed by atoms with Crippen LogP contribution in [0, 0.1) is 6.92 Å². The fourth-order valence-corrected chi connectivity index (χ4v) is 1.24. The molecule has 1 rings (SSSR count). The van der Waals surface area contributed by atoms with Gasteiger partial charge in [0.15, 0.2) is 0 Å². The molecule has 0 saturated carbocycles. The third kappa shape index (κ3) is 1.49. The quantitative estimate of drug-likeness (QED) is 0.615. The summed E-state index contributed by atoms with van der Waals surface area (Å²) in [6.45, 7) is 2.03. The van der Waals surface area contributed by atoms with Gasteiger partial charge in [0.1, 0.15) is 0 Å². The summed E-state index contributed by atoms with van der Waals surface area (Å²) in [4.78, 5) is 1.03. The van der Waals surface area contributed by atoms with Gasteiger partial charge in [-0.3, -0.25) is 0 Å². The summed E-state index contributed by atoms with van der Waals surface area (Å²) in [6, 6.07) is 6.02. The van der Waals surface area contributed by atoms with Crippen LogP contribution in [0.15, 0.2) is 27.6 Å². The second-order valence-corrected chi connectivity index (χ2v) is 3.21. The SMILES string of the molecule is Cc1cccc(Br)c1S. The monoisotopic (exact) mass is 202 g/mol. The minimum absolute atomic E-state index is 1.03. The summed E-state index contributed by atoms with van der Waals surface area (Å²) < 4.78 is 1.06. The van der Waals surface area contributed by atoms with Gasteiger partial charge in [0.25, 0.3) is 0 Å². The highest BCUT2D eigenvalue weighted by molar-refractivity contribution is 9.10. The van der Waals surface area contributed by atoms with Crippen LogP contribution in [-0.4, -0.2) is 0 Å². The Morgan fingerprint density at radius 1 is 1.44 bits per heavy atom. The van der Waals surface area contributed by atoms with Crippen molar-refractivity contribution < 1.29 is 0 Å². The minimum Gasteiger partial charge on any atom is -0.142 e. The molecule has 0 heterocycles. The molecule has 1 aromatic carbocycles. The van der Waals surface area contributed by atoms with Crippen LogP contribution in [0.4, 0.5) is 0 Å². The van der Waals surface area contributed by atoms with Crippen LogP contribution in [0.3, 0.4) is 0 Å². The lowest BCUT2D eigenvalue weighted by Crippen LogP contribution is -1.74. The molecule has 0 N–H and O–H groups in total. The van der Waals surface area contributed by atoms with Gasteiger partial charge in [-0.2, -0.15) is 0 Å². The minimum atomic E-state index is 1.03. The Kier molecular flexibility index (Phi) is 2.19. The van der Waals surface area contributed by atoms with E-state index in [0.29, 0.717) is 0 Å². The first-order valence-electron chi connectivity index (χ1n) is 2.66. The van der Waals surface area contributed by atoms with Crippen molar-refractivity contribution in [2.75, 3.05) is 0 Å². The molecule has 0 aliphatic rings. The van der Waals surface area contributed by atoms with Gasteiger partial charge in [0.2, 0.25) is 0 Å². The van der Waals surface area contributed by atoms with Crippen molar-refractivity contribution in [2.24, 2.45) is 0 Å². The lowest BCUT2D eigenvalue weighted by molar-refractivity contribution is 1.28. The molecule has 0 aromatic heterocycles. The van der Waals surface area contributed by atoms with Crippen LogP contribution in [0.1, 0.15) is 5.56 Å². The molecule has 1 aromatic rings. The summed E-state index contributed by atoms with van der Waals surface area (Å²) in [6.07, 6.45) is 0. The van der Waals surface area contributed by atoms with Crippen molar-refractivity contribution in [2.45, 2.75) is 11.8 Å². The van der Waals surface area contributed by atoms with E-state index in [1.807, 2.05) is 25.1 Å². The van der Waals surface area contributed by atoms with E-state index in [9.17, 15) is 0 Å². The predicted octanol–water partition coefficient (Wildman–Crippen LogP) is 3.05. The molecular weight excluding hydrogens is 196 g/mol. The summed E-state index contributed by atoms with van der Waals surface area (Å²) in [5, 5.41) is 0. The van der Waals surface area contributed by atoms with Gasteiger partial charge in [-0.15, -0.1) is 12.6 Å². The normalized spacial score (nSPS) is 9.67. The number of rotatable bonds is 0. The average molecular weight is 203 g/mol. The number of benzene rings is 1. The molecule has 0 aliphatic heterocycles. The molecule has 0 nitrogen and oxygen atoms in total. The molecular formula is C7H7BrS. The topological polar surface area (TPSA) is 0 Å². The number of hydrogen-bond acceptors (Lipinski definition) is 1. The predicted molar refractivity (Wildman–Crippen MR) is 46.1 cm³/mol. The first kappa shape index (κ1) is 7.16. The highest BCUT2D eigenvalue weighted by Crippen LogP contribution is 2.22. The third-order valence-corrected chi connectivity index (χ3v) is 2.75. The van der Waals surface area contributed by atoms with Crippen LogP contribution in [0.5, 0.6) is 0 Å². The van der Waals surface area contributed by atoms with Gasteiger partial charge in [0.05, 0.1) is 0 Å². The molecule has 9 heavy (non-hydrogen) atoms. The van der Waals surface area contributed by atoms with E-state index in [0.717, 1.165) is 9.37 Å². The van der Waals surface area contributed by atoms with Crippen LogP contribution in [0.25, 0.3) is 0 Å². The van der Waals surface area contributed by atoms with Gasteiger partial charge >= 0.3 is 0 Å². The maximum atomic E-state index is 4.26. The third-order valence-electron chi connectivity index (χ3n) is 1.19. The highest BCUT2D eigenvalue weighted by atomic mass is 79.9. The van der Waals surface area contributed by atoms with Gasteiger partial charge in [-0.1, -0.05) is 12.1 Å². The highest BCUT2D eigenvalue weighted by Gasteiger charge is 1.94. The summed E-state index contributed by atoms with van der Waals surface area (Å²) >= 11 is 7.63. The molecule has 0 unspecified atom stereocenters. The Labute approximate surface area is 68.8 Å². The molecule has 0 bridgehead atoms. The molecule has 0 amide bonds. The molecule has 0 spiro atoms. The summed E-state index contributed by atoms with van der Waals surface area (Å²) in [5.74, 6) is 0. The smallest absolute Gasteiger partial charge is 0.0311 e. The van der Waals surface area contributed by atoms with E-state index in [4.69, 9.17) is 0 Å².